The monoisotopic (exact) mass is 200 g/mol. The average molecular weight is 200 g/mol. The minimum absolute atomic E-state index is 0.0541. The highest BCUT2D eigenvalue weighted by Gasteiger charge is 2.35. The molecule has 0 aliphatic carbocycles. The molecule has 3 N–H and O–H groups in total. The molecule has 0 saturated carbocycles. The fourth-order valence-corrected chi connectivity index (χ4v) is 1.35. The topological polar surface area (TPSA) is 78.4 Å². The van der Waals surface area contributed by atoms with Crippen molar-refractivity contribution in [3.8, 4) is 0 Å². The lowest BCUT2D eigenvalue weighted by molar-refractivity contribution is -0.125. The predicted octanol–water partition coefficient (Wildman–Crippen LogP) is -0.848. The van der Waals surface area contributed by atoms with E-state index in [1.54, 1.807) is 0 Å². The first kappa shape index (κ1) is 11.1. The highest BCUT2D eigenvalue weighted by molar-refractivity contribution is 6.05. The maximum absolute atomic E-state index is 11.2. The van der Waals surface area contributed by atoms with Gasteiger partial charge in [-0.1, -0.05) is 6.92 Å². The van der Waals surface area contributed by atoms with Crippen molar-refractivity contribution in [3.63, 3.8) is 0 Å². The Hall–Kier alpha value is -0.940. The van der Waals surface area contributed by atoms with Gasteiger partial charge in [-0.25, -0.2) is 0 Å². The molecule has 1 heterocycles. The Morgan fingerprint density at radius 3 is 2.64 bits per heavy atom. The van der Waals surface area contributed by atoms with Crippen molar-refractivity contribution in [2.45, 2.75) is 38.3 Å². The first-order valence-electron chi connectivity index (χ1n) is 4.73. The lowest BCUT2D eigenvalue weighted by Gasteiger charge is -2.29. The zero-order chi connectivity index (χ0) is 10.8. The second-order valence-electron chi connectivity index (χ2n) is 3.89. The van der Waals surface area contributed by atoms with Crippen molar-refractivity contribution in [2.75, 3.05) is 6.61 Å². The van der Waals surface area contributed by atoms with Crippen LogP contribution >= 0.6 is 0 Å². The fourth-order valence-electron chi connectivity index (χ4n) is 1.35. The molecule has 2 unspecified atom stereocenters. The molecule has 1 rings (SSSR count). The number of aliphatic hydroxyl groups is 1. The third-order valence-corrected chi connectivity index (χ3v) is 2.62. The molecule has 5 heteroatoms. The Labute approximate surface area is 82.9 Å². The molecule has 2 amide bonds. The molecule has 1 fully saturated rings. The van der Waals surface area contributed by atoms with Crippen molar-refractivity contribution in [1.82, 2.24) is 10.6 Å². The molecule has 0 spiro atoms. The molecule has 1 aliphatic heterocycles. The minimum Gasteiger partial charge on any atom is -0.394 e. The van der Waals surface area contributed by atoms with Gasteiger partial charge in [0.15, 0.2) is 0 Å². The molecule has 0 radical (unpaired) electrons. The zero-order valence-corrected chi connectivity index (χ0v) is 8.46. The van der Waals surface area contributed by atoms with E-state index >= 15 is 0 Å². The summed E-state index contributed by atoms with van der Waals surface area (Å²) in [6.45, 7) is 3.68. The van der Waals surface area contributed by atoms with Crippen LogP contribution in [0, 0.1) is 0 Å². The Bertz CT molecular complexity index is 248. The average Bonchev–Trinajstić information content (AvgIpc) is 2.45. The SMILES string of the molecule is CCC(C)(CO)NC1CC(=O)NC1=O. The van der Waals surface area contributed by atoms with Crippen LogP contribution in [0.25, 0.3) is 0 Å². The molecule has 80 valence electrons. The normalized spacial score (nSPS) is 26.1. The molecule has 1 saturated heterocycles. The van der Waals surface area contributed by atoms with E-state index in [1.807, 2.05) is 13.8 Å². The number of carbonyl (C=O) groups is 2. The minimum atomic E-state index is -0.500. The van der Waals surface area contributed by atoms with Gasteiger partial charge in [-0.15, -0.1) is 0 Å². The Morgan fingerprint density at radius 1 is 1.64 bits per heavy atom. The van der Waals surface area contributed by atoms with Crippen LogP contribution in [0.3, 0.4) is 0 Å². The summed E-state index contributed by atoms with van der Waals surface area (Å²) < 4.78 is 0. The van der Waals surface area contributed by atoms with Crippen LogP contribution in [0.4, 0.5) is 0 Å². The maximum atomic E-state index is 11.2. The Morgan fingerprint density at radius 2 is 2.29 bits per heavy atom. The van der Waals surface area contributed by atoms with Crippen LogP contribution in [0.1, 0.15) is 26.7 Å². The molecule has 0 aromatic heterocycles. The first-order valence-corrected chi connectivity index (χ1v) is 4.73. The number of imide groups is 1. The number of hydrogen-bond donors (Lipinski definition) is 3. The number of aliphatic hydroxyl groups excluding tert-OH is 1. The van der Waals surface area contributed by atoms with Crippen molar-refractivity contribution in [2.24, 2.45) is 0 Å². The van der Waals surface area contributed by atoms with Gasteiger partial charge in [0.05, 0.1) is 19.1 Å². The van der Waals surface area contributed by atoms with Gasteiger partial charge in [-0.05, 0) is 13.3 Å². The van der Waals surface area contributed by atoms with E-state index < -0.39 is 11.6 Å². The van der Waals surface area contributed by atoms with E-state index in [0.717, 1.165) is 0 Å². The molecule has 5 nitrogen and oxygen atoms in total. The summed E-state index contributed by atoms with van der Waals surface area (Å²) in [5, 5.41) is 14.3. The van der Waals surface area contributed by atoms with Crippen LogP contribution < -0.4 is 10.6 Å². The molecule has 1 aliphatic rings. The third kappa shape index (κ3) is 2.30. The van der Waals surface area contributed by atoms with Crippen LogP contribution in [0.5, 0.6) is 0 Å². The summed E-state index contributed by atoms with van der Waals surface area (Å²) in [6, 6.07) is -0.500. The van der Waals surface area contributed by atoms with Gasteiger partial charge in [-0.2, -0.15) is 0 Å². The fraction of sp³-hybridized carbons (Fsp3) is 0.778. The lowest BCUT2D eigenvalue weighted by atomic mass is 9.98. The van der Waals surface area contributed by atoms with Crippen LogP contribution in [-0.4, -0.2) is 35.1 Å². The molecular formula is C9H16N2O3. The third-order valence-electron chi connectivity index (χ3n) is 2.62. The van der Waals surface area contributed by atoms with E-state index in [9.17, 15) is 9.59 Å². The van der Waals surface area contributed by atoms with Crippen LogP contribution in [0.15, 0.2) is 0 Å². The van der Waals surface area contributed by atoms with Crippen molar-refractivity contribution in [1.29, 1.82) is 0 Å². The molecule has 14 heavy (non-hydrogen) atoms. The highest BCUT2D eigenvalue weighted by Crippen LogP contribution is 2.12. The number of carbonyl (C=O) groups excluding carboxylic acids is 2. The van der Waals surface area contributed by atoms with Gasteiger partial charge in [0.2, 0.25) is 11.8 Å². The van der Waals surface area contributed by atoms with E-state index in [0.29, 0.717) is 6.42 Å². The second-order valence-corrected chi connectivity index (χ2v) is 3.89. The van der Waals surface area contributed by atoms with E-state index in [-0.39, 0.29) is 24.8 Å². The van der Waals surface area contributed by atoms with Crippen LogP contribution in [-0.2, 0) is 9.59 Å². The maximum Gasteiger partial charge on any atom is 0.244 e. The summed E-state index contributed by atoms with van der Waals surface area (Å²) in [5.74, 6) is -0.563. The summed E-state index contributed by atoms with van der Waals surface area (Å²) in [6.07, 6.45) is 0.857. The smallest absolute Gasteiger partial charge is 0.244 e. The van der Waals surface area contributed by atoms with E-state index in [4.69, 9.17) is 5.11 Å². The summed E-state index contributed by atoms with van der Waals surface area (Å²) in [4.78, 5) is 22.1. The van der Waals surface area contributed by atoms with Gasteiger partial charge < -0.3 is 5.11 Å². The van der Waals surface area contributed by atoms with E-state index in [2.05, 4.69) is 10.6 Å². The highest BCUT2D eigenvalue weighted by atomic mass is 16.3. The lowest BCUT2D eigenvalue weighted by Crippen LogP contribution is -2.52. The quantitative estimate of drug-likeness (QED) is 0.517. The second kappa shape index (κ2) is 4.06. The van der Waals surface area contributed by atoms with Gasteiger partial charge in [0.25, 0.3) is 0 Å². The van der Waals surface area contributed by atoms with Gasteiger partial charge in [-0.3, -0.25) is 20.2 Å². The Balaban J connectivity index is 2.59. The molecule has 0 bridgehead atoms. The van der Waals surface area contributed by atoms with Crippen LogP contribution in [0.2, 0.25) is 0 Å². The number of rotatable bonds is 4. The van der Waals surface area contributed by atoms with Gasteiger partial charge in [0.1, 0.15) is 0 Å². The standard InChI is InChI=1S/C9H16N2O3/c1-3-9(2,5-12)11-6-4-7(13)10-8(6)14/h6,11-12H,3-5H2,1-2H3,(H,10,13,14). The van der Waals surface area contributed by atoms with Crippen molar-refractivity contribution in [3.05, 3.63) is 0 Å². The predicted molar refractivity (Wildman–Crippen MR) is 50.5 cm³/mol. The number of nitrogens with one attached hydrogen (secondary N) is 2. The molecular weight excluding hydrogens is 184 g/mol. The summed E-state index contributed by atoms with van der Waals surface area (Å²) in [5.41, 5.74) is -0.493. The zero-order valence-electron chi connectivity index (χ0n) is 8.46. The molecule has 2 atom stereocenters. The Kier molecular flexibility index (Phi) is 3.23. The molecule has 0 aromatic carbocycles. The summed E-state index contributed by atoms with van der Waals surface area (Å²) >= 11 is 0. The number of hydrogen-bond acceptors (Lipinski definition) is 4. The first-order chi connectivity index (χ1) is 6.50. The number of amides is 2. The molecule has 0 aromatic rings. The van der Waals surface area contributed by atoms with Crippen molar-refractivity contribution >= 4 is 11.8 Å². The van der Waals surface area contributed by atoms with Gasteiger partial charge in [0, 0.05) is 5.54 Å². The van der Waals surface area contributed by atoms with Gasteiger partial charge >= 0.3 is 0 Å². The largest absolute Gasteiger partial charge is 0.394 e. The van der Waals surface area contributed by atoms with E-state index in [1.165, 1.54) is 0 Å². The summed E-state index contributed by atoms with van der Waals surface area (Å²) in [7, 11) is 0. The van der Waals surface area contributed by atoms with Crippen molar-refractivity contribution < 1.29 is 14.7 Å².